The summed E-state index contributed by atoms with van der Waals surface area (Å²) in [5, 5.41) is 24.6. The highest BCUT2D eigenvalue weighted by Gasteiger charge is 2.15. The van der Waals surface area contributed by atoms with Crippen molar-refractivity contribution in [2.24, 2.45) is 5.11 Å². The average Bonchev–Trinajstić information content (AvgIpc) is 3.30. The molecule has 0 amide bonds. The van der Waals surface area contributed by atoms with E-state index in [0.29, 0.717) is 34.8 Å². The number of anilines is 1. The summed E-state index contributed by atoms with van der Waals surface area (Å²) in [7, 11) is 1.63. The third-order valence-electron chi connectivity index (χ3n) is 5.19. The van der Waals surface area contributed by atoms with Crippen molar-refractivity contribution in [1.82, 2.24) is 25.1 Å². The molecule has 35 heavy (non-hydrogen) atoms. The van der Waals surface area contributed by atoms with Gasteiger partial charge in [-0.2, -0.15) is 20.2 Å². The van der Waals surface area contributed by atoms with Crippen molar-refractivity contribution in [3.8, 4) is 17.6 Å². The maximum absolute atomic E-state index is 9.12. The van der Waals surface area contributed by atoms with E-state index in [1.807, 2.05) is 44.2 Å². The first-order valence-corrected chi connectivity index (χ1v) is 11.0. The van der Waals surface area contributed by atoms with Crippen LogP contribution in [0, 0.1) is 16.9 Å². The van der Waals surface area contributed by atoms with Crippen LogP contribution in [0.15, 0.2) is 66.3 Å². The van der Waals surface area contributed by atoms with Gasteiger partial charge in [0.25, 0.3) is 0 Å². The zero-order valence-electron chi connectivity index (χ0n) is 19.6. The summed E-state index contributed by atoms with van der Waals surface area (Å²) in [5.41, 5.74) is 11.7. The Kier molecular flexibility index (Phi) is 6.97. The first-order chi connectivity index (χ1) is 17.0. The molecule has 0 radical (unpaired) electrons. The van der Waals surface area contributed by atoms with Gasteiger partial charge in [0.15, 0.2) is 11.5 Å². The first-order valence-electron chi connectivity index (χ1n) is 11.0. The van der Waals surface area contributed by atoms with Crippen LogP contribution in [0.1, 0.15) is 30.5 Å². The SMILES string of the molecule is COc1ccc(CN/C=C(\N=N)c2cnc(-n3ncc4cc(C#N)cnc43)cc2NC(C)C)cc1. The number of hydrogen-bond acceptors (Lipinski definition) is 9. The van der Waals surface area contributed by atoms with Crippen LogP contribution in [-0.2, 0) is 6.54 Å². The molecule has 0 saturated heterocycles. The quantitative estimate of drug-likeness (QED) is 0.305. The van der Waals surface area contributed by atoms with E-state index in [2.05, 4.69) is 36.9 Å². The lowest BCUT2D eigenvalue weighted by Gasteiger charge is -2.16. The number of nitrogens with zero attached hydrogens (tertiary/aromatic N) is 6. The smallest absolute Gasteiger partial charge is 0.164 e. The van der Waals surface area contributed by atoms with Gasteiger partial charge in [-0.25, -0.2) is 15.5 Å². The molecule has 0 spiro atoms. The van der Waals surface area contributed by atoms with Crippen molar-refractivity contribution in [1.29, 1.82) is 10.8 Å². The summed E-state index contributed by atoms with van der Waals surface area (Å²) in [4.78, 5) is 8.94. The van der Waals surface area contributed by atoms with E-state index in [4.69, 9.17) is 15.5 Å². The molecule has 3 aromatic heterocycles. The van der Waals surface area contributed by atoms with Gasteiger partial charge in [0.05, 0.1) is 18.9 Å². The van der Waals surface area contributed by atoms with E-state index < -0.39 is 0 Å². The summed E-state index contributed by atoms with van der Waals surface area (Å²) >= 11 is 0. The van der Waals surface area contributed by atoms with Crippen LogP contribution in [0.2, 0.25) is 0 Å². The van der Waals surface area contributed by atoms with Crippen LogP contribution in [-0.4, -0.2) is 32.9 Å². The number of hydrogen-bond donors (Lipinski definition) is 3. The van der Waals surface area contributed by atoms with Gasteiger partial charge in [0.1, 0.15) is 17.5 Å². The molecule has 0 bridgehead atoms. The van der Waals surface area contributed by atoms with E-state index in [9.17, 15) is 0 Å². The van der Waals surface area contributed by atoms with Crippen LogP contribution < -0.4 is 15.4 Å². The number of aromatic nitrogens is 4. The van der Waals surface area contributed by atoms with E-state index in [-0.39, 0.29) is 6.04 Å². The Morgan fingerprint density at radius 1 is 1.20 bits per heavy atom. The minimum Gasteiger partial charge on any atom is -0.497 e. The summed E-state index contributed by atoms with van der Waals surface area (Å²) < 4.78 is 6.81. The average molecular weight is 468 g/mol. The Bertz CT molecular complexity index is 1420. The second-order valence-corrected chi connectivity index (χ2v) is 8.06. The minimum atomic E-state index is 0.133. The van der Waals surface area contributed by atoms with E-state index in [1.165, 1.54) is 6.20 Å². The number of nitrogens with one attached hydrogen (secondary N) is 3. The lowest BCUT2D eigenvalue weighted by molar-refractivity contribution is 0.414. The van der Waals surface area contributed by atoms with Crippen molar-refractivity contribution in [2.45, 2.75) is 26.4 Å². The summed E-state index contributed by atoms with van der Waals surface area (Å²) in [6, 6.07) is 13.6. The molecule has 0 saturated carbocycles. The maximum atomic E-state index is 9.12. The minimum absolute atomic E-state index is 0.133. The van der Waals surface area contributed by atoms with Crippen molar-refractivity contribution in [2.75, 3.05) is 12.4 Å². The third-order valence-corrected chi connectivity index (χ3v) is 5.19. The van der Waals surface area contributed by atoms with Crippen LogP contribution in [0.25, 0.3) is 22.5 Å². The summed E-state index contributed by atoms with van der Waals surface area (Å²) in [6.07, 6.45) is 6.53. The van der Waals surface area contributed by atoms with Crippen molar-refractivity contribution < 1.29 is 4.74 Å². The Balaban J connectivity index is 1.64. The lowest BCUT2D eigenvalue weighted by Crippen LogP contribution is -2.13. The Labute approximate surface area is 202 Å². The van der Waals surface area contributed by atoms with Gasteiger partial charge >= 0.3 is 0 Å². The van der Waals surface area contributed by atoms with Gasteiger partial charge in [-0.3, -0.25) is 0 Å². The number of pyridine rings is 2. The van der Waals surface area contributed by atoms with Gasteiger partial charge in [-0.15, -0.1) is 0 Å². The first kappa shape index (κ1) is 23.4. The predicted octanol–water partition coefficient (Wildman–Crippen LogP) is 4.64. The molecule has 0 fully saturated rings. The van der Waals surface area contributed by atoms with Crippen LogP contribution >= 0.6 is 0 Å². The fourth-order valence-electron chi connectivity index (χ4n) is 3.52. The molecule has 4 rings (SSSR count). The zero-order chi connectivity index (χ0) is 24.8. The second kappa shape index (κ2) is 10.4. The van der Waals surface area contributed by atoms with Crippen molar-refractivity contribution >= 4 is 22.4 Å². The topological polar surface area (TPSA) is 137 Å². The number of rotatable bonds is 9. The second-order valence-electron chi connectivity index (χ2n) is 8.06. The Morgan fingerprint density at radius 2 is 2.00 bits per heavy atom. The van der Waals surface area contributed by atoms with Crippen LogP contribution in [0.4, 0.5) is 5.69 Å². The fraction of sp³-hybridized carbons (Fsp3) is 0.200. The maximum Gasteiger partial charge on any atom is 0.164 e. The molecule has 0 atom stereocenters. The van der Waals surface area contributed by atoms with Gasteiger partial charge in [0.2, 0.25) is 0 Å². The van der Waals surface area contributed by atoms with Crippen LogP contribution in [0.3, 0.4) is 0 Å². The van der Waals surface area contributed by atoms with Crippen molar-refractivity contribution in [3.05, 3.63) is 77.9 Å². The normalized spacial score (nSPS) is 11.3. The van der Waals surface area contributed by atoms with E-state index >= 15 is 0 Å². The largest absolute Gasteiger partial charge is 0.497 e. The summed E-state index contributed by atoms with van der Waals surface area (Å²) in [5.74, 6) is 1.35. The van der Waals surface area contributed by atoms with Gasteiger partial charge in [0, 0.05) is 53.9 Å². The highest BCUT2D eigenvalue weighted by molar-refractivity contribution is 5.79. The van der Waals surface area contributed by atoms with Gasteiger partial charge < -0.3 is 15.4 Å². The molecular formula is C25H25N9O. The lowest BCUT2D eigenvalue weighted by atomic mass is 10.1. The van der Waals surface area contributed by atoms with Gasteiger partial charge in [-0.05, 0) is 37.6 Å². The number of methoxy groups -OCH3 is 1. The highest BCUT2D eigenvalue weighted by atomic mass is 16.5. The fourth-order valence-corrected chi connectivity index (χ4v) is 3.52. The van der Waals surface area contributed by atoms with Gasteiger partial charge in [-0.1, -0.05) is 12.1 Å². The molecular weight excluding hydrogens is 442 g/mol. The third kappa shape index (κ3) is 5.25. The monoisotopic (exact) mass is 467 g/mol. The van der Waals surface area contributed by atoms with Crippen LogP contribution in [0.5, 0.6) is 5.75 Å². The standard InChI is InChI=1S/C25H25N9O/c1-16(2)32-22-9-24(34-25-19(13-31-34)8-18(10-26)12-30-25)29-14-21(22)23(33-27)15-28-11-17-4-6-20(35-3)7-5-17/h4-9,12-16,27-28H,11H2,1-3H3,(H,29,32)/b23-15-,33-27?. The molecule has 3 N–H and O–H groups in total. The molecule has 0 aliphatic carbocycles. The predicted molar refractivity (Wildman–Crippen MR) is 133 cm³/mol. The number of benzene rings is 1. The molecule has 1 aromatic carbocycles. The molecule has 4 aromatic rings. The molecule has 0 aliphatic heterocycles. The molecule has 0 unspecified atom stereocenters. The molecule has 10 nitrogen and oxygen atoms in total. The molecule has 0 aliphatic rings. The Hall–Kier alpha value is -4.78. The molecule has 10 heteroatoms. The number of ether oxygens (including phenoxy) is 1. The van der Waals surface area contributed by atoms with E-state index in [1.54, 1.807) is 36.5 Å². The van der Waals surface area contributed by atoms with Crippen molar-refractivity contribution in [3.63, 3.8) is 0 Å². The highest BCUT2D eigenvalue weighted by Crippen LogP contribution is 2.27. The Morgan fingerprint density at radius 3 is 2.69 bits per heavy atom. The van der Waals surface area contributed by atoms with E-state index in [0.717, 1.165) is 22.4 Å². The molecule has 3 heterocycles. The number of nitriles is 1. The zero-order valence-corrected chi connectivity index (χ0v) is 19.6. The molecule has 176 valence electrons. The summed E-state index contributed by atoms with van der Waals surface area (Å²) in [6.45, 7) is 4.62. The number of fused-ring (bicyclic) bond motifs is 1.